The molecule has 0 saturated carbocycles. The molecule has 0 spiro atoms. The van der Waals surface area contributed by atoms with Gasteiger partial charge in [-0.15, -0.1) is 0 Å². The number of piperazine rings is 1. The van der Waals surface area contributed by atoms with Crippen molar-refractivity contribution in [2.24, 2.45) is 0 Å². The Morgan fingerprint density at radius 1 is 1.04 bits per heavy atom. The van der Waals surface area contributed by atoms with Gasteiger partial charge in [-0.25, -0.2) is 4.98 Å². The molecule has 0 amide bonds. The Hall–Kier alpha value is -2.47. The van der Waals surface area contributed by atoms with Gasteiger partial charge in [0.2, 0.25) is 0 Å². The van der Waals surface area contributed by atoms with Crippen molar-refractivity contribution < 1.29 is 4.92 Å². The summed E-state index contributed by atoms with van der Waals surface area (Å²) in [7, 11) is 0. The molecule has 1 aromatic heterocycles. The average molecular weight is 326 g/mol. The number of aromatic nitrogens is 1. The molecule has 1 fully saturated rings. The van der Waals surface area contributed by atoms with Crippen LogP contribution in [-0.2, 0) is 0 Å². The second-order valence-corrected chi connectivity index (χ2v) is 6.28. The van der Waals surface area contributed by atoms with Crippen molar-refractivity contribution in [1.29, 1.82) is 0 Å². The molecule has 1 aromatic carbocycles. The van der Waals surface area contributed by atoms with Gasteiger partial charge in [0, 0.05) is 43.9 Å². The molecule has 126 valence electrons. The van der Waals surface area contributed by atoms with Crippen LogP contribution in [0.1, 0.15) is 13.8 Å². The van der Waals surface area contributed by atoms with Gasteiger partial charge in [-0.3, -0.25) is 15.0 Å². The van der Waals surface area contributed by atoms with E-state index in [-0.39, 0.29) is 10.6 Å². The lowest BCUT2D eigenvalue weighted by Gasteiger charge is -2.37. The van der Waals surface area contributed by atoms with E-state index in [4.69, 9.17) is 0 Å². The minimum atomic E-state index is -0.365. The monoisotopic (exact) mass is 326 g/mol. The minimum Gasteiger partial charge on any atom is -0.354 e. The zero-order chi connectivity index (χ0) is 17.1. The molecule has 2 heterocycles. The first-order valence-corrected chi connectivity index (χ1v) is 8.26. The molecule has 1 saturated heterocycles. The van der Waals surface area contributed by atoms with Gasteiger partial charge in [0.1, 0.15) is 5.82 Å². The van der Waals surface area contributed by atoms with Gasteiger partial charge < -0.3 is 4.90 Å². The van der Waals surface area contributed by atoms with Gasteiger partial charge in [-0.05, 0) is 19.9 Å². The lowest BCUT2D eigenvalue weighted by molar-refractivity contribution is -0.384. The highest BCUT2D eigenvalue weighted by atomic mass is 16.6. The molecule has 6 nitrogen and oxygen atoms in total. The maximum Gasteiger partial charge on any atom is 0.295 e. The fraction of sp³-hybridized carbons (Fsp3) is 0.389. The highest BCUT2D eigenvalue weighted by Gasteiger charge is 2.23. The molecule has 24 heavy (non-hydrogen) atoms. The summed E-state index contributed by atoms with van der Waals surface area (Å²) in [6.07, 6.45) is 0. The van der Waals surface area contributed by atoms with Crippen LogP contribution in [0.2, 0.25) is 0 Å². The van der Waals surface area contributed by atoms with Crippen molar-refractivity contribution in [2.75, 3.05) is 31.1 Å². The maximum atomic E-state index is 11.3. The second kappa shape index (κ2) is 6.97. The first-order chi connectivity index (χ1) is 11.6. The predicted molar refractivity (Wildman–Crippen MR) is 95.2 cm³/mol. The summed E-state index contributed by atoms with van der Waals surface area (Å²) in [6, 6.07) is 13.2. The quantitative estimate of drug-likeness (QED) is 0.638. The van der Waals surface area contributed by atoms with E-state index in [1.54, 1.807) is 12.1 Å². The molecule has 0 radical (unpaired) electrons. The smallest absolute Gasteiger partial charge is 0.295 e. The summed E-state index contributed by atoms with van der Waals surface area (Å²) in [4.78, 5) is 20.2. The Bertz CT molecular complexity index is 710. The topological polar surface area (TPSA) is 62.5 Å². The molecule has 0 unspecified atom stereocenters. The van der Waals surface area contributed by atoms with Crippen molar-refractivity contribution in [1.82, 2.24) is 9.88 Å². The van der Waals surface area contributed by atoms with Crippen LogP contribution in [0.5, 0.6) is 0 Å². The third-order valence-corrected chi connectivity index (χ3v) is 4.47. The summed E-state index contributed by atoms with van der Waals surface area (Å²) in [5.41, 5.74) is 1.25. The molecule has 1 aliphatic heterocycles. The highest BCUT2D eigenvalue weighted by molar-refractivity contribution is 5.71. The van der Waals surface area contributed by atoms with E-state index in [0.29, 0.717) is 11.7 Å². The molecule has 0 atom stereocenters. The summed E-state index contributed by atoms with van der Waals surface area (Å²) in [5, 5.41) is 11.3. The molecule has 1 aliphatic rings. The summed E-state index contributed by atoms with van der Waals surface area (Å²) < 4.78 is 0. The zero-order valence-electron chi connectivity index (χ0n) is 14.1. The normalized spacial score (nSPS) is 15.7. The number of rotatable bonds is 4. The largest absolute Gasteiger partial charge is 0.354 e. The van der Waals surface area contributed by atoms with E-state index in [2.05, 4.69) is 28.6 Å². The predicted octanol–water partition coefficient (Wildman–Crippen LogP) is 3.19. The van der Waals surface area contributed by atoms with Crippen LogP contribution in [0, 0.1) is 10.1 Å². The van der Waals surface area contributed by atoms with Crippen molar-refractivity contribution in [3.05, 3.63) is 52.6 Å². The number of benzene rings is 1. The van der Waals surface area contributed by atoms with Crippen LogP contribution in [0.15, 0.2) is 42.5 Å². The standard InChI is InChI=1S/C18H22N4O2/c1-14(2)20-10-12-21(13-11-20)17-9-8-16(22(23)24)18(19-17)15-6-4-3-5-7-15/h3-9,14H,10-13H2,1-2H3. The molecule has 0 N–H and O–H groups in total. The van der Waals surface area contributed by atoms with Crippen molar-refractivity contribution >= 4 is 11.5 Å². The van der Waals surface area contributed by atoms with Crippen LogP contribution in [0.3, 0.4) is 0 Å². The molecule has 6 heteroatoms. The van der Waals surface area contributed by atoms with E-state index in [1.165, 1.54) is 0 Å². The van der Waals surface area contributed by atoms with Crippen LogP contribution in [0.4, 0.5) is 11.5 Å². The van der Waals surface area contributed by atoms with E-state index in [0.717, 1.165) is 37.6 Å². The third-order valence-electron chi connectivity index (χ3n) is 4.47. The number of pyridine rings is 1. The van der Waals surface area contributed by atoms with Gasteiger partial charge in [-0.2, -0.15) is 0 Å². The van der Waals surface area contributed by atoms with E-state index >= 15 is 0 Å². The fourth-order valence-corrected chi connectivity index (χ4v) is 3.04. The highest BCUT2D eigenvalue weighted by Crippen LogP contribution is 2.30. The Balaban J connectivity index is 1.90. The number of nitro groups is 1. The van der Waals surface area contributed by atoms with E-state index in [9.17, 15) is 10.1 Å². The lowest BCUT2D eigenvalue weighted by Crippen LogP contribution is -2.49. The minimum absolute atomic E-state index is 0.0470. The molecular formula is C18H22N4O2. The number of hydrogen-bond donors (Lipinski definition) is 0. The fourth-order valence-electron chi connectivity index (χ4n) is 3.04. The van der Waals surface area contributed by atoms with Gasteiger partial charge in [0.25, 0.3) is 5.69 Å². The first kappa shape index (κ1) is 16.4. The summed E-state index contributed by atoms with van der Waals surface area (Å²) in [6.45, 7) is 8.14. The first-order valence-electron chi connectivity index (χ1n) is 8.26. The van der Waals surface area contributed by atoms with Gasteiger partial charge in [0.05, 0.1) is 4.92 Å². The van der Waals surface area contributed by atoms with Gasteiger partial charge >= 0.3 is 0 Å². The second-order valence-electron chi connectivity index (χ2n) is 6.28. The van der Waals surface area contributed by atoms with Crippen LogP contribution in [0.25, 0.3) is 11.3 Å². The average Bonchev–Trinajstić information content (AvgIpc) is 2.62. The summed E-state index contributed by atoms with van der Waals surface area (Å²) in [5.74, 6) is 0.808. The van der Waals surface area contributed by atoms with Crippen LogP contribution < -0.4 is 4.90 Å². The molecule has 0 aliphatic carbocycles. The zero-order valence-corrected chi connectivity index (χ0v) is 14.1. The van der Waals surface area contributed by atoms with E-state index in [1.807, 2.05) is 30.3 Å². The maximum absolute atomic E-state index is 11.3. The molecular weight excluding hydrogens is 304 g/mol. The third kappa shape index (κ3) is 3.38. The Kier molecular flexibility index (Phi) is 4.76. The van der Waals surface area contributed by atoms with Crippen LogP contribution in [-0.4, -0.2) is 47.0 Å². The Labute approximate surface area is 141 Å². The van der Waals surface area contributed by atoms with Crippen molar-refractivity contribution in [2.45, 2.75) is 19.9 Å². The SMILES string of the molecule is CC(C)N1CCN(c2ccc([N+](=O)[O-])c(-c3ccccc3)n2)CC1. The number of anilines is 1. The number of nitrogens with zero attached hydrogens (tertiary/aromatic N) is 4. The van der Waals surface area contributed by atoms with E-state index < -0.39 is 0 Å². The molecule has 0 bridgehead atoms. The lowest BCUT2D eigenvalue weighted by atomic mass is 10.1. The van der Waals surface area contributed by atoms with Gasteiger partial charge in [0.15, 0.2) is 5.69 Å². The molecule has 2 aromatic rings. The van der Waals surface area contributed by atoms with Crippen molar-refractivity contribution in [3.8, 4) is 11.3 Å². The Morgan fingerprint density at radius 3 is 2.29 bits per heavy atom. The van der Waals surface area contributed by atoms with Gasteiger partial charge in [-0.1, -0.05) is 30.3 Å². The number of hydrogen-bond acceptors (Lipinski definition) is 5. The summed E-state index contributed by atoms with van der Waals surface area (Å²) >= 11 is 0. The van der Waals surface area contributed by atoms with Crippen LogP contribution >= 0.6 is 0 Å². The van der Waals surface area contributed by atoms with Crippen molar-refractivity contribution in [3.63, 3.8) is 0 Å². The Morgan fingerprint density at radius 2 is 1.71 bits per heavy atom. The molecule has 3 rings (SSSR count).